The molecule has 94 valence electrons. The van der Waals surface area contributed by atoms with Crippen LogP contribution in [-0.4, -0.2) is 9.97 Å². The van der Waals surface area contributed by atoms with E-state index in [0.29, 0.717) is 17.6 Å². The second-order valence-electron chi connectivity index (χ2n) is 4.84. The van der Waals surface area contributed by atoms with E-state index in [0.717, 1.165) is 12.2 Å². The highest BCUT2D eigenvalue weighted by Crippen LogP contribution is 2.47. The number of aromatic nitrogens is 2. The fourth-order valence-electron chi connectivity index (χ4n) is 2.09. The molecule has 2 aromatic rings. The van der Waals surface area contributed by atoms with Gasteiger partial charge in [-0.2, -0.15) is 4.39 Å². The van der Waals surface area contributed by atoms with Crippen molar-refractivity contribution in [3.05, 3.63) is 39.8 Å². The Labute approximate surface area is 103 Å². The molecule has 18 heavy (non-hydrogen) atoms. The third-order valence-electron chi connectivity index (χ3n) is 3.36. The van der Waals surface area contributed by atoms with Gasteiger partial charge in [0.05, 0.1) is 5.69 Å². The van der Waals surface area contributed by atoms with E-state index in [2.05, 4.69) is 16.9 Å². The second-order valence-corrected chi connectivity index (χ2v) is 4.84. The van der Waals surface area contributed by atoms with Crippen molar-refractivity contribution in [1.29, 1.82) is 0 Å². The number of nitrogens with one attached hydrogen (secondary N) is 1. The summed E-state index contributed by atoms with van der Waals surface area (Å²) < 4.78 is 18.8. The molecule has 0 aromatic carbocycles. The minimum absolute atomic E-state index is 0.0755. The van der Waals surface area contributed by atoms with Crippen molar-refractivity contribution in [2.24, 2.45) is 5.92 Å². The van der Waals surface area contributed by atoms with Crippen LogP contribution in [0.3, 0.4) is 0 Å². The number of hydrogen-bond acceptors (Lipinski definition) is 3. The van der Waals surface area contributed by atoms with Gasteiger partial charge in [-0.3, -0.25) is 4.79 Å². The molecule has 2 atom stereocenters. The third-order valence-corrected chi connectivity index (χ3v) is 3.36. The van der Waals surface area contributed by atoms with Crippen LogP contribution in [0.5, 0.6) is 0 Å². The molecule has 5 heteroatoms. The number of aromatic amines is 1. The van der Waals surface area contributed by atoms with Gasteiger partial charge in [-0.05, 0) is 31.4 Å². The number of rotatable bonds is 2. The van der Waals surface area contributed by atoms with Crippen LogP contribution in [0.4, 0.5) is 4.39 Å². The monoisotopic (exact) mass is 248 g/mol. The van der Waals surface area contributed by atoms with Gasteiger partial charge in [0.15, 0.2) is 11.6 Å². The van der Waals surface area contributed by atoms with E-state index in [4.69, 9.17) is 4.42 Å². The Hall–Kier alpha value is -1.91. The summed E-state index contributed by atoms with van der Waals surface area (Å²) in [4.78, 5) is 17.7. The maximum atomic E-state index is 13.2. The summed E-state index contributed by atoms with van der Waals surface area (Å²) in [5.74, 6) is 1.92. The molecule has 0 spiro atoms. The van der Waals surface area contributed by atoms with Gasteiger partial charge >= 0.3 is 0 Å². The van der Waals surface area contributed by atoms with Gasteiger partial charge in [0.2, 0.25) is 5.82 Å². The van der Waals surface area contributed by atoms with Crippen molar-refractivity contribution in [2.45, 2.75) is 26.2 Å². The van der Waals surface area contributed by atoms with Crippen LogP contribution >= 0.6 is 0 Å². The Morgan fingerprint density at radius 3 is 2.83 bits per heavy atom. The van der Waals surface area contributed by atoms with E-state index in [1.807, 2.05) is 6.07 Å². The Bertz CT molecular complexity index is 659. The fraction of sp³-hybridized carbons (Fsp3) is 0.385. The van der Waals surface area contributed by atoms with Crippen molar-refractivity contribution >= 4 is 0 Å². The van der Waals surface area contributed by atoms with E-state index in [1.54, 1.807) is 6.07 Å². The van der Waals surface area contributed by atoms with Gasteiger partial charge in [-0.15, -0.1) is 0 Å². The normalized spacial score (nSPS) is 22.2. The molecule has 2 unspecified atom stereocenters. The lowest BCUT2D eigenvalue weighted by Crippen LogP contribution is -2.15. The Morgan fingerprint density at radius 1 is 1.50 bits per heavy atom. The Balaban J connectivity index is 2.00. The first-order valence-corrected chi connectivity index (χ1v) is 5.93. The zero-order chi connectivity index (χ0) is 12.9. The summed E-state index contributed by atoms with van der Waals surface area (Å²) in [6.45, 7) is 3.62. The Kier molecular flexibility index (Phi) is 2.36. The van der Waals surface area contributed by atoms with Gasteiger partial charge in [0, 0.05) is 5.92 Å². The molecule has 1 aliphatic carbocycles. The molecule has 4 nitrogen and oxygen atoms in total. The molecule has 0 radical (unpaired) electrons. The van der Waals surface area contributed by atoms with Crippen LogP contribution in [0.2, 0.25) is 0 Å². The number of halogens is 1. The van der Waals surface area contributed by atoms with E-state index in [-0.39, 0.29) is 11.5 Å². The molecule has 2 aromatic heterocycles. The van der Waals surface area contributed by atoms with Crippen LogP contribution in [0, 0.1) is 18.7 Å². The van der Waals surface area contributed by atoms with Gasteiger partial charge in [-0.1, -0.05) is 6.92 Å². The molecule has 3 rings (SSSR count). The van der Waals surface area contributed by atoms with E-state index in [1.165, 1.54) is 6.92 Å². The van der Waals surface area contributed by atoms with E-state index in [9.17, 15) is 9.18 Å². The highest BCUT2D eigenvalue weighted by molar-refractivity contribution is 5.47. The van der Waals surface area contributed by atoms with Crippen LogP contribution in [0.1, 0.15) is 30.7 Å². The Morgan fingerprint density at radius 2 is 2.22 bits per heavy atom. The minimum atomic E-state index is -0.846. The lowest BCUT2D eigenvalue weighted by atomic mass is 10.3. The summed E-state index contributed by atoms with van der Waals surface area (Å²) in [7, 11) is 0. The van der Waals surface area contributed by atoms with Crippen molar-refractivity contribution in [2.75, 3.05) is 0 Å². The predicted molar refractivity (Wildman–Crippen MR) is 63.8 cm³/mol. The van der Waals surface area contributed by atoms with Crippen molar-refractivity contribution in [3.63, 3.8) is 0 Å². The lowest BCUT2D eigenvalue weighted by molar-refractivity contribution is 0.512. The molecule has 1 fully saturated rings. The average Bonchev–Trinajstić information content (AvgIpc) is 2.89. The maximum absolute atomic E-state index is 13.2. The summed E-state index contributed by atoms with van der Waals surface area (Å²) in [6.07, 6.45) is 1.12. The van der Waals surface area contributed by atoms with Crippen LogP contribution < -0.4 is 5.56 Å². The molecule has 2 heterocycles. The van der Waals surface area contributed by atoms with Gasteiger partial charge in [0.25, 0.3) is 5.56 Å². The van der Waals surface area contributed by atoms with Crippen LogP contribution in [0.25, 0.3) is 11.6 Å². The number of aryl methyl sites for hydroxylation is 1. The summed E-state index contributed by atoms with van der Waals surface area (Å²) in [6, 6.07) is 3.65. The standard InChI is InChI=1S/C13H13FN2O2/c1-6-5-8(6)9-3-4-10(18-9)12-15-7(2)11(14)13(17)16-12/h3-4,6,8H,5H2,1-2H3,(H,15,16,17). The highest BCUT2D eigenvalue weighted by Gasteiger charge is 2.36. The molecule has 0 bridgehead atoms. The first kappa shape index (κ1) is 11.2. The molecule has 1 aliphatic rings. The van der Waals surface area contributed by atoms with E-state index >= 15 is 0 Å². The molecule has 0 aliphatic heterocycles. The fourth-order valence-corrected chi connectivity index (χ4v) is 2.09. The van der Waals surface area contributed by atoms with E-state index < -0.39 is 11.4 Å². The molecular weight excluding hydrogens is 235 g/mol. The third kappa shape index (κ3) is 1.75. The smallest absolute Gasteiger partial charge is 0.287 e. The SMILES string of the molecule is Cc1nc(-c2ccc(C3CC3C)o2)[nH]c(=O)c1F. The van der Waals surface area contributed by atoms with Gasteiger partial charge in [0.1, 0.15) is 5.76 Å². The predicted octanol–water partition coefficient (Wildman–Crippen LogP) is 2.60. The second kappa shape index (κ2) is 3.80. The average molecular weight is 248 g/mol. The molecular formula is C13H13FN2O2. The topological polar surface area (TPSA) is 58.9 Å². The maximum Gasteiger partial charge on any atom is 0.287 e. The molecule has 1 saturated carbocycles. The molecule has 0 amide bonds. The zero-order valence-corrected chi connectivity index (χ0v) is 10.2. The van der Waals surface area contributed by atoms with Crippen molar-refractivity contribution in [3.8, 4) is 11.6 Å². The van der Waals surface area contributed by atoms with Crippen molar-refractivity contribution < 1.29 is 8.81 Å². The molecule has 1 N–H and O–H groups in total. The highest BCUT2D eigenvalue weighted by atomic mass is 19.1. The number of furan rings is 1. The lowest BCUT2D eigenvalue weighted by Gasteiger charge is -1.99. The summed E-state index contributed by atoms with van der Waals surface area (Å²) in [5.41, 5.74) is -0.693. The number of hydrogen-bond donors (Lipinski definition) is 1. The van der Waals surface area contributed by atoms with Crippen molar-refractivity contribution in [1.82, 2.24) is 9.97 Å². The number of nitrogens with zero attached hydrogens (tertiary/aromatic N) is 1. The first-order chi connectivity index (χ1) is 8.56. The zero-order valence-electron chi connectivity index (χ0n) is 10.2. The largest absolute Gasteiger partial charge is 0.458 e. The molecule has 0 saturated heterocycles. The quantitative estimate of drug-likeness (QED) is 0.888. The van der Waals surface area contributed by atoms with Crippen LogP contribution in [0.15, 0.2) is 21.3 Å². The summed E-state index contributed by atoms with van der Waals surface area (Å²) in [5, 5.41) is 0. The first-order valence-electron chi connectivity index (χ1n) is 5.93. The number of H-pyrrole nitrogens is 1. The summed E-state index contributed by atoms with van der Waals surface area (Å²) >= 11 is 0. The van der Waals surface area contributed by atoms with Gasteiger partial charge < -0.3 is 9.40 Å². The van der Waals surface area contributed by atoms with Crippen LogP contribution in [-0.2, 0) is 0 Å². The minimum Gasteiger partial charge on any atom is -0.458 e. The van der Waals surface area contributed by atoms with Gasteiger partial charge in [-0.25, -0.2) is 4.98 Å².